The Morgan fingerprint density at radius 1 is 0.395 bits per heavy atom. The smallest absolute Gasteiger partial charge is 0.108 e. The Balaban J connectivity index is 0.000000263. The van der Waals surface area contributed by atoms with E-state index in [4.69, 9.17) is 0 Å². The Morgan fingerprint density at radius 3 is 0.789 bits per heavy atom. The van der Waals surface area contributed by atoms with Crippen molar-refractivity contribution < 1.29 is 4.48 Å². The van der Waals surface area contributed by atoms with Gasteiger partial charge in [0.05, 0.1) is 26.2 Å². The van der Waals surface area contributed by atoms with E-state index in [0.29, 0.717) is 0 Å². The highest BCUT2D eigenvalue weighted by atomic mass is 15.3. The van der Waals surface area contributed by atoms with Gasteiger partial charge in [-0.1, -0.05) is 148 Å². The van der Waals surface area contributed by atoms with Crippen LogP contribution in [0.1, 0.15) is 0 Å². The third-order valence-corrected chi connectivity index (χ3v) is 7.26. The molecular weight excluding hydrogens is 457 g/mol. The summed E-state index contributed by atoms with van der Waals surface area (Å²) < 4.78 is 0.903. The van der Waals surface area contributed by atoms with Gasteiger partial charge in [-0.3, -0.25) is 0 Å². The Kier molecular flexibility index (Phi) is 10.9. The molecule has 0 heterocycles. The SMILES string of the molecule is C=CC[N+](CC=C)(CC=C)CC=C.c1ccc([B-](c2ccccc2)(c2ccccc2)c2ccccc2)cc1. The van der Waals surface area contributed by atoms with Gasteiger partial charge in [-0.05, 0) is 24.3 Å². The van der Waals surface area contributed by atoms with E-state index in [-0.39, 0.29) is 0 Å². The number of rotatable bonds is 12. The van der Waals surface area contributed by atoms with Crippen LogP contribution >= 0.6 is 0 Å². The number of benzene rings is 4. The van der Waals surface area contributed by atoms with Crippen LogP contribution in [0.5, 0.6) is 0 Å². The normalized spacial score (nSPS) is 10.9. The van der Waals surface area contributed by atoms with Gasteiger partial charge < -0.3 is 4.48 Å². The summed E-state index contributed by atoms with van der Waals surface area (Å²) in [6.07, 6.45) is 6.55. The van der Waals surface area contributed by atoms with E-state index in [9.17, 15) is 0 Å². The van der Waals surface area contributed by atoms with E-state index in [1.165, 1.54) is 21.9 Å². The van der Waals surface area contributed by atoms with Crippen LogP contribution in [0, 0.1) is 0 Å². The lowest BCUT2D eigenvalue weighted by atomic mass is 9.13. The van der Waals surface area contributed by atoms with Crippen LogP contribution in [-0.2, 0) is 0 Å². The van der Waals surface area contributed by atoms with Crippen molar-refractivity contribution in [1.82, 2.24) is 0 Å². The molecule has 0 aliphatic carbocycles. The molecule has 0 saturated heterocycles. The second-order valence-electron chi connectivity index (χ2n) is 9.74. The molecule has 0 unspecified atom stereocenters. The summed E-state index contributed by atoms with van der Waals surface area (Å²) in [5.41, 5.74) is 5.36. The minimum Gasteiger partial charge on any atom is -0.311 e. The van der Waals surface area contributed by atoms with Gasteiger partial charge in [-0.15, -0.1) is 0 Å². The Labute approximate surface area is 230 Å². The Hall–Kier alpha value is -4.14. The highest BCUT2D eigenvalue weighted by molar-refractivity contribution is 7.19. The van der Waals surface area contributed by atoms with Crippen molar-refractivity contribution in [2.24, 2.45) is 0 Å². The molecule has 4 rings (SSSR count). The highest BCUT2D eigenvalue weighted by Crippen LogP contribution is 2.09. The largest absolute Gasteiger partial charge is 0.311 e. The first-order valence-electron chi connectivity index (χ1n) is 13.3. The highest BCUT2D eigenvalue weighted by Gasteiger charge is 2.31. The average Bonchev–Trinajstić information content (AvgIpc) is 2.97. The fraction of sp³-hybridized carbons (Fsp3) is 0.111. The molecule has 0 aromatic heterocycles. The lowest BCUT2D eigenvalue weighted by Gasteiger charge is -2.44. The molecule has 0 saturated carbocycles. The van der Waals surface area contributed by atoms with Gasteiger partial charge in [0.25, 0.3) is 0 Å². The zero-order valence-electron chi connectivity index (χ0n) is 22.5. The maximum Gasteiger partial charge on any atom is 0.108 e. The molecule has 1 nitrogen and oxygen atoms in total. The minimum atomic E-state index is -1.22. The summed E-state index contributed by atoms with van der Waals surface area (Å²) in [7, 11) is 0. The van der Waals surface area contributed by atoms with Crippen molar-refractivity contribution in [1.29, 1.82) is 0 Å². The predicted octanol–water partition coefficient (Wildman–Crippen LogP) is 5.61. The zero-order chi connectivity index (χ0) is 27.1. The standard InChI is InChI=1S/C24H20B.C12H20N/c1-5-13-21(14-6-1)25(22-15-7-2-8-16-22,23-17-9-3-10-18-23)24-19-11-4-12-20-24;1-5-9-13(10-6-2,11-7-3)12-8-4/h1-20H;5-8H,1-4,9-12H2/q-1;+1. The molecule has 0 bridgehead atoms. The fourth-order valence-corrected chi connectivity index (χ4v) is 5.66. The van der Waals surface area contributed by atoms with Crippen LogP contribution in [-0.4, -0.2) is 36.8 Å². The lowest BCUT2D eigenvalue weighted by Crippen LogP contribution is -2.74. The monoisotopic (exact) mass is 497 g/mol. The first-order chi connectivity index (χ1) is 18.7. The number of nitrogens with zero attached hydrogens (tertiary/aromatic N) is 1. The van der Waals surface area contributed by atoms with Gasteiger partial charge in [-0.25, -0.2) is 0 Å². The maximum absolute atomic E-state index is 3.77. The van der Waals surface area contributed by atoms with Crippen LogP contribution in [0.15, 0.2) is 172 Å². The molecule has 38 heavy (non-hydrogen) atoms. The van der Waals surface area contributed by atoms with Crippen LogP contribution in [0.4, 0.5) is 0 Å². The van der Waals surface area contributed by atoms with Crippen molar-refractivity contribution in [2.75, 3.05) is 26.2 Å². The molecule has 0 radical (unpaired) electrons. The third kappa shape index (κ3) is 6.59. The molecular formula is C36H40BN. The quantitative estimate of drug-likeness (QED) is 0.136. The van der Waals surface area contributed by atoms with Gasteiger partial charge >= 0.3 is 0 Å². The van der Waals surface area contributed by atoms with E-state index < -0.39 is 6.15 Å². The first-order valence-corrected chi connectivity index (χ1v) is 13.3. The van der Waals surface area contributed by atoms with E-state index in [2.05, 4.69) is 148 Å². The molecule has 4 aromatic rings. The molecule has 0 atom stereocenters. The number of quaternary nitrogens is 1. The van der Waals surface area contributed by atoms with Crippen LogP contribution in [0.3, 0.4) is 0 Å². The van der Waals surface area contributed by atoms with Gasteiger partial charge in [0.15, 0.2) is 0 Å². The van der Waals surface area contributed by atoms with Crippen molar-refractivity contribution in [3.63, 3.8) is 0 Å². The molecule has 0 aliphatic heterocycles. The average molecular weight is 498 g/mol. The maximum atomic E-state index is 3.77. The number of hydrogen-bond donors (Lipinski definition) is 0. The molecule has 0 fully saturated rings. The topological polar surface area (TPSA) is 0 Å². The van der Waals surface area contributed by atoms with E-state index >= 15 is 0 Å². The Morgan fingerprint density at radius 2 is 0.605 bits per heavy atom. The van der Waals surface area contributed by atoms with E-state index in [0.717, 1.165) is 30.7 Å². The van der Waals surface area contributed by atoms with Crippen LogP contribution in [0.2, 0.25) is 0 Å². The lowest BCUT2D eigenvalue weighted by molar-refractivity contribution is -0.906. The predicted molar refractivity (Wildman–Crippen MR) is 171 cm³/mol. The fourth-order valence-electron chi connectivity index (χ4n) is 5.66. The molecule has 0 spiro atoms. The molecule has 2 heteroatoms. The second kappa shape index (κ2) is 14.6. The molecule has 192 valence electrons. The summed E-state index contributed by atoms with van der Waals surface area (Å²) in [6.45, 7) is 18.8. The van der Waals surface area contributed by atoms with Gasteiger partial charge in [-0.2, -0.15) is 21.9 Å². The summed E-state index contributed by atoms with van der Waals surface area (Å²) in [4.78, 5) is 0. The second-order valence-corrected chi connectivity index (χ2v) is 9.74. The van der Waals surface area contributed by atoms with Gasteiger partial charge in [0.2, 0.25) is 0 Å². The summed E-state index contributed by atoms with van der Waals surface area (Å²) >= 11 is 0. The van der Waals surface area contributed by atoms with Crippen LogP contribution < -0.4 is 21.9 Å². The van der Waals surface area contributed by atoms with Crippen LogP contribution in [0.25, 0.3) is 0 Å². The summed E-state index contributed by atoms with van der Waals surface area (Å²) in [5, 5.41) is 0. The molecule has 0 aliphatic rings. The molecule has 4 aromatic carbocycles. The van der Waals surface area contributed by atoms with Crippen molar-refractivity contribution in [2.45, 2.75) is 0 Å². The van der Waals surface area contributed by atoms with E-state index in [1.807, 2.05) is 24.3 Å². The first kappa shape index (κ1) is 28.4. The number of hydrogen-bond acceptors (Lipinski definition) is 0. The molecule has 0 amide bonds. The summed E-state index contributed by atoms with van der Waals surface area (Å²) in [6, 6.07) is 43.5. The van der Waals surface area contributed by atoms with Gasteiger partial charge in [0, 0.05) is 0 Å². The zero-order valence-corrected chi connectivity index (χ0v) is 22.5. The summed E-state index contributed by atoms with van der Waals surface area (Å²) in [5.74, 6) is 0. The van der Waals surface area contributed by atoms with Crippen molar-refractivity contribution >= 4 is 28.0 Å². The van der Waals surface area contributed by atoms with E-state index in [1.54, 1.807) is 0 Å². The third-order valence-electron chi connectivity index (χ3n) is 7.26. The van der Waals surface area contributed by atoms with Crippen molar-refractivity contribution in [3.05, 3.63) is 172 Å². The Bertz CT molecular complexity index is 1060. The van der Waals surface area contributed by atoms with Gasteiger partial charge in [0.1, 0.15) is 6.15 Å². The van der Waals surface area contributed by atoms with Crippen molar-refractivity contribution in [3.8, 4) is 0 Å². The minimum absolute atomic E-state index is 0.903. The molecule has 0 N–H and O–H groups in total.